The maximum Gasteiger partial charge on any atom is 0.243 e. The fourth-order valence-corrected chi connectivity index (χ4v) is 1.98. The monoisotopic (exact) mass is 327 g/mol. The van der Waals surface area contributed by atoms with E-state index in [9.17, 15) is 9.59 Å². The first-order chi connectivity index (χ1) is 11.6. The van der Waals surface area contributed by atoms with Gasteiger partial charge in [-0.2, -0.15) is 0 Å². The number of amides is 2. The largest absolute Gasteiger partial charge is 0.497 e. The Kier molecular flexibility index (Phi) is 6.19. The molecule has 0 bridgehead atoms. The Balaban J connectivity index is 1.82. The van der Waals surface area contributed by atoms with Crippen LogP contribution in [0.5, 0.6) is 5.75 Å². The zero-order valence-corrected chi connectivity index (χ0v) is 13.8. The van der Waals surface area contributed by atoms with Crippen LogP contribution >= 0.6 is 0 Å². The summed E-state index contributed by atoms with van der Waals surface area (Å²) in [4.78, 5) is 23.3. The van der Waals surface area contributed by atoms with Gasteiger partial charge in [0.15, 0.2) is 0 Å². The van der Waals surface area contributed by atoms with Crippen LogP contribution in [0.1, 0.15) is 13.3 Å². The Bertz CT molecular complexity index is 682. The molecular weight excluding hydrogens is 306 g/mol. The second kappa shape index (κ2) is 8.57. The number of hydrogen-bond donors (Lipinski definition) is 3. The summed E-state index contributed by atoms with van der Waals surface area (Å²) >= 11 is 0. The van der Waals surface area contributed by atoms with Gasteiger partial charge in [-0.05, 0) is 48.5 Å². The predicted octanol–water partition coefficient (Wildman–Crippen LogP) is 3.09. The molecule has 0 heterocycles. The van der Waals surface area contributed by atoms with Crippen LogP contribution in [0.15, 0.2) is 48.5 Å². The molecule has 24 heavy (non-hydrogen) atoms. The molecule has 0 unspecified atom stereocenters. The zero-order chi connectivity index (χ0) is 17.4. The molecule has 2 aromatic rings. The molecule has 0 spiro atoms. The summed E-state index contributed by atoms with van der Waals surface area (Å²) in [6.07, 6.45) is 0.426. The van der Waals surface area contributed by atoms with Crippen LogP contribution in [0.2, 0.25) is 0 Å². The Labute approximate surface area is 141 Å². The van der Waals surface area contributed by atoms with Crippen LogP contribution in [-0.4, -0.2) is 25.5 Å². The highest BCUT2D eigenvalue weighted by Gasteiger charge is 2.04. The van der Waals surface area contributed by atoms with E-state index in [1.165, 1.54) is 0 Å². The van der Waals surface area contributed by atoms with Crippen molar-refractivity contribution in [1.29, 1.82) is 0 Å². The van der Waals surface area contributed by atoms with Gasteiger partial charge in [-0.3, -0.25) is 9.59 Å². The van der Waals surface area contributed by atoms with Gasteiger partial charge >= 0.3 is 0 Å². The van der Waals surface area contributed by atoms with E-state index in [0.717, 1.165) is 11.4 Å². The van der Waals surface area contributed by atoms with Crippen molar-refractivity contribution < 1.29 is 14.3 Å². The lowest BCUT2D eigenvalue weighted by atomic mass is 10.2. The van der Waals surface area contributed by atoms with Crippen molar-refractivity contribution in [2.75, 3.05) is 29.6 Å². The third-order valence-corrected chi connectivity index (χ3v) is 3.32. The average molecular weight is 327 g/mol. The minimum absolute atomic E-state index is 0.0459. The average Bonchev–Trinajstić information content (AvgIpc) is 2.62. The Morgan fingerprint density at radius 1 is 0.833 bits per heavy atom. The molecular formula is C18H21N3O3. The zero-order valence-electron chi connectivity index (χ0n) is 13.8. The van der Waals surface area contributed by atoms with E-state index < -0.39 is 0 Å². The molecule has 0 aliphatic heterocycles. The minimum Gasteiger partial charge on any atom is -0.497 e. The number of hydrogen-bond acceptors (Lipinski definition) is 4. The fourth-order valence-electron chi connectivity index (χ4n) is 1.98. The highest BCUT2D eigenvalue weighted by atomic mass is 16.5. The number of carbonyl (C=O) groups is 2. The molecule has 2 amide bonds. The molecule has 2 aromatic carbocycles. The molecule has 6 heteroatoms. The Hall–Kier alpha value is -3.02. The summed E-state index contributed by atoms with van der Waals surface area (Å²) in [6.45, 7) is 1.94. The topological polar surface area (TPSA) is 79.5 Å². The lowest BCUT2D eigenvalue weighted by Crippen LogP contribution is -2.21. The van der Waals surface area contributed by atoms with Crippen LogP contribution in [0.3, 0.4) is 0 Å². The van der Waals surface area contributed by atoms with Crippen molar-refractivity contribution in [2.24, 2.45) is 0 Å². The molecule has 0 aromatic heterocycles. The number of rotatable bonds is 7. The van der Waals surface area contributed by atoms with Crippen molar-refractivity contribution in [3.63, 3.8) is 0 Å². The number of carbonyl (C=O) groups excluding carboxylic acids is 2. The van der Waals surface area contributed by atoms with E-state index in [1.807, 2.05) is 24.3 Å². The van der Waals surface area contributed by atoms with Crippen LogP contribution in [0.4, 0.5) is 17.1 Å². The molecule has 0 aliphatic rings. The van der Waals surface area contributed by atoms with Crippen LogP contribution in [-0.2, 0) is 9.59 Å². The molecule has 3 N–H and O–H groups in total. The van der Waals surface area contributed by atoms with Crippen molar-refractivity contribution >= 4 is 28.9 Å². The third-order valence-electron chi connectivity index (χ3n) is 3.32. The molecule has 126 valence electrons. The molecule has 0 atom stereocenters. The van der Waals surface area contributed by atoms with Gasteiger partial charge in [-0.25, -0.2) is 0 Å². The molecule has 0 saturated carbocycles. The highest BCUT2D eigenvalue weighted by Crippen LogP contribution is 2.15. The SMILES string of the molecule is CCC(=O)Nc1ccc(NC(=O)CNc2ccc(OC)cc2)cc1. The van der Waals surface area contributed by atoms with E-state index in [4.69, 9.17) is 4.74 Å². The molecule has 0 aliphatic carbocycles. The lowest BCUT2D eigenvalue weighted by molar-refractivity contribution is -0.116. The van der Waals surface area contributed by atoms with Crippen molar-refractivity contribution in [3.05, 3.63) is 48.5 Å². The van der Waals surface area contributed by atoms with E-state index in [1.54, 1.807) is 38.3 Å². The first-order valence-electron chi connectivity index (χ1n) is 7.68. The maximum atomic E-state index is 11.9. The molecule has 6 nitrogen and oxygen atoms in total. The van der Waals surface area contributed by atoms with Crippen molar-refractivity contribution in [1.82, 2.24) is 0 Å². The van der Waals surface area contributed by atoms with Crippen molar-refractivity contribution in [3.8, 4) is 5.75 Å². The summed E-state index contributed by atoms with van der Waals surface area (Å²) in [7, 11) is 1.61. The summed E-state index contributed by atoms with van der Waals surface area (Å²) < 4.78 is 5.08. The summed E-state index contributed by atoms with van der Waals surface area (Å²) in [5.41, 5.74) is 2.21. The second-order valence-electron chi connectivity index (χ2n) is 5.11. The molecule has 0 radical (unpaired) electrons. The van der Waals surface area contributed by atoms with E-state index >= 15 is 0 Å². The van der Waals surface area contributed by atoms with Crippen LogP contribution < -0.4 is 20.7 Å². The third kappa shape index (κ3) is 5.31. The van der Waals surface area contributed by atoms with E-state index in [2.05, 4.69) is 16.0 Å². The van der Waals surface area contributed by atoms with Gasteiger partial charge in [0.1, 0.15) is 5.75 Å². The van der Waals surface area contributed by atoms with Crippen molar-refractivity contribution in [2.45, 2.75) is 13.3 Å². The number of methoxy groups -OCH3 is 1. The Morgan fingerprint density at radius 2 is 1.33 bits per heavy atom. The number of nitrogens with one attached hydrogen (secondary N) is 3. The molecule has 0 fully saturated rings. The lowest BCUT2D eigenvalue weighted by Gasteiger charge is -2.09. The molecule has 0 saturated heterocycles. The van der Waals surface area contributed by atoms with Gasteiger partial charge in [0, 0.05) is 23.5 Å². The summed E-state index contributed by atoms with van der Waals surface area (Å²) in [6, 6.07) is 14.3. The number of anilines is 3. The van der Waals surface area contributed by atoms with Gasteiger partial charge in [-0.1, -0.05) is 6.92 Å². The Morgan fingerprint density at radius 3 is 1.83 bits per heavy atom. The van der Waals surface area contributed by atoms with Crippen LogP contribution in [0, 0.1) is 0 Å². The summed E-state index contributed by atoms with van der Waals surface area (Å²) in [5, 5.41) is 8.58. The quantitative estimate of drug-likeness (QED) is 0.730. The van der Waals surface area contributed by atoms with E-state index in [-0.39, 0.29) is 18.4 Å². The first kappa shape index (κ1) is 17.3. The molecule has 2 rings (SSSR count). The van der Waals surface area contributed by atoms with Gasteiger partial charge in [-0.15, -0.1) is 0 Å². The van der Waals surface area contributed by atoms with Gasteiger partial charge in [0.05, 0.1) is 13.7 Å². The maximum absolute atomic E-state index is 11.9. The minimum atomic E-state index is -0.156. The van der Waals surface area contributed by atoms with Gasteiger partial charge < -0.3 is 20.7 Å². The summed E-state index contributed by atoms with van der Waals surface area (Å²) in [5.74, 6) is 0.562. The number of benzene rings is 2. The standard InChI is InChI=1S/C18H21N3O3/c1-3-17(22)20-14-4-6-15(7-5-14)21-18(23)12-19-13-8-10-16(24-2)11-9-13/h4-11,19H,3,12H2,1-2H3,(H,20,22)(H,21,23). The second-order valence-corrected chi connectivity index (χ2v) is 5.11. The van der Waals surface area contributed by atoms with Gasteiger partial charge in [0.2, 0.25) is 11.8 Å². The normalized spacial score (nSPS) is 9.92. The van der Waals surface area contributed by atoms with Crippen LogP contribution in [0.25, 0.3) is 0 Å². The van der Waals surface area contributed by atoms with Gasteiger partial charge in [0.25, 0.3) is 0 Å². The smallest absolute Gasteiger partial charge is 0.243 e. The highest BCUT2D eigenvalue weighted by molar-refractivity contribution is 5.94. The first-order valence-corrected chi connectivity index (χ1v) is 7.68. The predicted molar refractivity (Wildman–Crippen MR) is 95.5 cm³/mol. The fraction of sp³-hybridized carbons (Fsp3) is 0.222. The number of ether oxygens (including phenoxy) is 1. The van der Waals surface area contributed by atoms with E-state index in [0.29, 0.717) is 17.8 Å².